The van der Waals surface area contributed by atoms with Crippen molar-refractivity contribution in [1.29, 1.82) is 0 Å². The first-order valence-electron chi connectivity index (χ1n) is 7.43. The molecule has 2 aromatic rings. The number of hydrogen-bond donors (Lipinski definition) is 2. The van der Waals surface area contributed by atoms with Crippen LogP contribution in [0.1, 0.15) is 15.9 Å². The summed E-state index contributed by atoms with van der Waals surface area (Å²) in [5, 5.41) is 7.84. The van der Waals surface area contributed by atoms with Crippen molar-refractivity contribution in [3.63, 3.8) is 0 Å². The molecule has 3 N–H and O–H groups in total. The van der Waals surface area contributed by atoms with Gasteiger partial charge in [0.25, 0.3) is 0 Å². The fraction of sp³-hybridized carbons (Fsp3) is 0.0588. The second kappa shape index (κ2) is 7.07. The molecule has 0 saturated carbocycles. The molecular formula is C17H15AsN2O5S. The third-order valence-electron chi connectivity index (χ3n) is 3.79. The van der Waals surface area contributed by atoms with Crippen LogP contribution >= 0.6 is 0 Å². The Balaban J connectivity index is 1.88. The van der Waals surface area contributed by atoms with E-state index in [9.17, 15) is 18.0 Å². The van der Waals surface area contributed by atoms with Crippen LogP contribution in [0.15, 0.2) is 52.2 Å². The molecule has 7 nitrogen and oxygen atoms in total. The molecule has 0 fully saturated rings. The quantitative estimate of drug-likeness (QED) is 0.405. The van der Waals surface area contributed by atoms with Gasteiger partial charge >= 0.3 is 157 Å². The van der Waals surface area contributed by atoms with E-state index in [-0.39, 0.29) is 10.8 Å². The number of nitrogens with one attached hydrogen (secondary N) is 1. The van der Waals surface area contributed by atoms with Crippen LogP contribution < -0.4 is 14.8 Å². The van der Waals surface area contributed by atoms with E-state index in [0.717, 1.165) is 4.35 Å². The zero-order valence-electron chi connectivity index (χ0n) is 13.6. The van der Waals surface area contributed by atoms with Gasteiger partial charge in [-0.2, -0.15) is 0 Å². The Bertz CT molecular complexity index is 1030. The zero-order chi connectivity index (χ0) is 18.9. The Morgan fingerprint density at radius 1 is 1.19 bits per heavy atom. The number of benzene rings is 2. The number of carbonyl (C=O) groups excluding carboxylic acids is 2. The number of sulfonamides is 1. The van der Waals surface area contributed by atoms with E-state index in [2.05, 4.69) is 5.32 Å². The number of ether oxygens (including phenoxy) is 1. The van der Waals surface area contributed by atoms with Crippen molar-refractivity contribution in [2.24, 2.45) is 5.14 Å². The zero-order valence-corrected chi connectivity index (χ0v) is 16.6. The van der Waals surface area contributed by atoms with Gasteiger partial charge in [0.1, 0.15) is 0 Å². The van der Waals surface area contributed by atoms with Crippen LogP contribution in [0.4, 0.5) is 5.69 Å². The van der Waals surface area contributed by atoms with Gasteiger partial charge in [0.15, 0.2) is 0 Å². The van der Waals surface area contributed by atoms with Crippen LogP contribution in [-0.2, 0) is 19.6 Å². The molecule has 0 radical (unpaired) electrons. The number of nitrogens with two attached hydrogens (primary N) is 1. The maximum absolute atomic E-state index is 12.2. The molecule has 0 saturated heterocycles. The van der Waals surface area contributed by atoms with Crippen LogP contribution in [-0.4, -0.2) is 43.2 Å². The molecule has 9 heteroatoms. The number of carbonyl (C=O) groups is 2. The molecular weight excluding hydrogens is 419 g/mol. The van der Waals surface area contributed by atoms with E-state index < -0.39 is 31.7 Å². The Hall–Kier alpha value is -2.41. The molecule has 1 atom stereocenters. The molecule has 0 bridgehead atoms. The summed E-state index contributed by atoms with van der Waals surface area (Å²) in [4.78, 5) is 25.8. The van der Waals surface area contributed by atoms with Crippen LogP contribution in [0.2, 0.25) is 0 Å². The predicted molar refractivity (Wildman–Crippen MR) is 99.0 cm³/mol. The Morgan fingerprint density at radius 3 is 2.50 bits per heavy atom. The number of rotatable bonds is 4. The number of hydrogen-bond acceptors (Lipinski definition) is 5. The summed E-state index contributed by atoms with van der Waals surface area (Å²) in [7, 11) is -2.43. The minimum atomic E-state index is -3.72. The molecule has 2 aromatic carbocycles. The average Bonchev–Trinajstić information content (AvgIpc) is 2.93. The number of primary sulfonamides is 1. The van der Waals surface area contributed by atoms with Crippen LogP contribution in [0.5, 0.6) is 0 Å². The van der Waals surface area contributed by atoms with Crippen LogP contribution in [0.25, 0.3) is 5.57 Å². The number of anilines is 1. The summed E-state index contributed by atoms with van der Waals surface area (Å²) < 4.78 is 28.2. The van der Waals surface area contributed by atoms with Gasteiger partial charge in [-0.1, -0.05) is 0 Å². The average molecular weight is 434 g/mol. The molecule has 1 amide bonds. The first kappa shape index (κ1) is 18.4. The molecule has 1 unspecified atom stereocenters. The van der Waals surface area contributed by atoms with Crippen molar-refractivity contribution < 1.29 is 22.7 Å². The van der Waals surface area contributed by atoms with Crippen molar-refractivity contribution in [3.8, 4) is 0 Å². The maximum atomic E-state index is 12.2. The van der Waals surface area contributed by atoms with E-state index in [1.54, 1.807) is 30.3 Å². The van der Waals surface area contributed by atoms with Crippen molar-refractivity contribution in [2.75, 3.05) is 12.4 Å². The van der Waals surface area contributed by atoms with Crippen LogP contribution in [0, 0.1) is 0 Å². The fourth-order valence-corrected chi connectivity index (χ4v) is 5.00. The number of esters is 1. The fourth-order valence-electron chi connectivity index (χ4n) is 2.47. The minimum absolute atomic E-state index is 0.0483. The number of methoxy groups -OCH3 is 1. The van der Waals surface area contributed by atoms with Crippen LogP contribution in [0.3, 0.4) is 0 Å². The summed E-state index contributed by atoms with van der Waals surface area (Å²) in [6.45, 7) is 0. The van der Waals surface area contributed by atoms with Gasteiger partial charge in [-0.25, -0.2) is 0 Å². The SMILES string of the molecule is COC(=O)c1ccc2c(c1)/C(=C\[AsH]c1ccc(S(N)(=O)=O)cc1)C(=O)N2. The normalized spacial score (nSPS) is 15.3. The molecule has 0 aliphatic carbocycles. The summed E-state index contributed by atoms with van der Waals surface area (Å²) in [5.74, 6) is -0.701. The third kappa shape index (κ3) is 3.72. The van der Waals surface area contributed by atoms with Gasteiger partial charge in [0, 0.05) is 0 Å². The Labute approximate surface area is 157 Å². The molecule has 26 heavy (non-hydrogen) atoms. The second-order valence-corrected chi connectivity index (χ2v) is 9.46. The topological polar surface area (TPSA) is 116 Å². The second-order valence-electron chi connectivity index (χ2n) is 5.48. The van der Waals surface area contributed by atoms with E-state index >= 15 is 0 Å². The van der Waals surface area contributed by atoms with Gasteiger partial charge in [0.05, 0.1) is 0 Å². The van der Waals surface area contributed by atoms with E-state index in [0.29, 0.717) is 22.4 Å². The van der Waals surface area contributed by atoms with Gasteiger partial charge in [-0.3, -0.25) is 0 Å². The van der Waals surface area contributed by atoms with Gasteiger partial charge < -0.3 is 0 Å². The van der Waals surface area contributed by atoms with E-state index in [1.165, 1.54) is 19.2 Å². The summed E-state index contributed by atoms with van der Waals surface area (Å²) in [6, 6.07) is 11.2. The number of fused-ring (bicyclic) bond motifs is 1. The van der Waals surface area contributed by atoms with Crippen molar-refractivity contribution in [3.05, 3.63) is 58.5 Å². The summed E-state index contributed by atoms with van der Waals surface area (Å²) >= 11 is -0.844. The summed E-state index contributed by atoms with van der Waals surface area (Å²) in [6.07, 6.45) is 0. The molecule has 1 aliphatic heterocycles. The predicted octanol–water partition coefficient (Wildman–Crippen LogP) is 0.176. The van der Waals surface area contributed by atoms with Crippen molar-refractivity contribution >= 4 is 53.3 Å². The first-order valence-corrected chi connectivity index (χ1v) is 11.2. The number of amides is 1. The Morgan fingerprint density at radius 2 is 1.88 bits per heavy atom. The molecule has 0 aromatic heterocycles. The molecule has 0 spiro atoms. The molecule has 1 heterocycles. The standard InChI is InChI=1S/C17H15AsN2O5S/c1-25-17(22)10-2-7-15-13(8-10)14(16(21)20-15)9-18-11-3-5-12(6-4-11)26(19,23)24/h2-9,18H,1H3,(H,20,21)(H2,19,23,24)/b14-9+. The van der Waals surface area contributed by atoms with Crippen molar-refractivity contribution in [2.45, 2.75) is 4.90 Å². The third-order valence-corrected chi connectivity index (χ3v) is 7.03. The molecule has 3 rings (SSSR count). The van der Waals surface area contributed by atoms with Gasteiger partial charge in [-0.15, -0.1) is 0 Å². The van der Waals surface area contributed by atoms with E-state index in [4.69, 9.17) is 9.88 Å². The monoisotopic (exact) mass is 434 g/mol. The molecule has 1 aliphatic rings. The van der Waals surface area contributed by atoms with Crippen molar-refractivity contribution in [1.82, 2.24) is 0 Å². The molecule has 134 valence electrons. The van der Waals surface area contributed by atoms with Gasteiger partial charge in [0.2, 0.25) is 0 Å². The first-order chi connectivity index (χ1) is 12.3. The Kier molecular flexibility index (Phi) is 5.00. The van der Waals surface area contributed by atoms with E-state index in [1.807, 2.05) is 4.86 Å². The summed E-state index contributed by atoms with van der Waals surface area (Å²) in [5.41, 5.74) is 2.17. The van der Waals surface area contributed by atoms with Gasteiger partial charge in [-0.05, 0) is 0 Å².